The number of hydrogen-bond acceptors (Lipinski definition) is 1. The highest BCUT2D eigenvalue weighted by atomic mass is 19.2. The van der Waals surface area contributed by atoms with Gasteiger partial charge in [-0.3, -0.25) is 0 Å². The molecule has 0 bridgehead atoms. The maximum atomic E-state index is 15.0. The van der Waals surface area contributed by atoms with Gasteiger partial charge in [-0.15, -0.1) is 0 Å². The second-order valence-corrected chi connectivity index (χ2v) is 9.92. The zero-order valence-corrected chi connectivity index (χ0v) is 17.8. The highest BCUT2D eigenvalue weighted by Gasteiger charge is 2.48. The highest BCUT2D eigenvalue weighted by Crippen LogP contribution is 2.48. The van der Waals surface area contributed by atoms with E-state index >= 15 is 0 Å². The molecule has 0 radical (unpaired) electrons. The second kappa shape index (κ2) is 10.0. The normalized spacial score (nSPS) is 46.3. The molecule has 27 heavy (non-hydrogen) atoms. The highest BCUT2D eigenvalue weighted by molar-refractivity contribution is 4.96. The van der Waals surface area contributed by atoms with Gasteiger partial charge in [0.15, 0.2) is 6.17 Å². The van der Waals surface area contributed by atoms with Crippen LogP contribution < -0.4 is 0 Å². The van der Waals surface area contributed by atoms with E-state index in [9.17, 15) is 8.78 Å². The largest absolute Gasteiger partial charge is 0.375 e. The average molecular weight is 385 g/mol. The van der Waals surface area contributed by atoms with Gasteiger partial charge in [0.1, 0.15) is 6.17 Å². The van der Waals surface area contributed by atoms with Gasteiger partial charge in [-0.05, 0) is 87.4 Å². The summed E-state index contributed by atoms with van der Waals surface area (Å²) in [7, 11) is 0. The first-order valence-electron chi connectivity index (χ1n) is 11.9. The van der Waals surface area contributed by atoms with Gasteiger partial charge in [0.2, 0.25) is 0 Å². The topological polar surface area (TPSA) is 9.23 Å². The molecule has 0 aliphatic heterocycles. The van der Waals surface area contributed by atoms with Crippen LogP contribution in [0.4, 0.5) is 8.78 Å². The molecule has 158 valence electrons. The Hall–Kier alpha value is -0.180. The van der Waals surface area contributed by atoms with E-state index in [0.29, 0.717) is 18.9 Å². The lowest BCUT2D eigenvalue weighted by atomic mass is 9.62. The molecule has 3 aliphatic rings. The van der Waals surface area contributed by atoms with E-state index in [2.05, 4.69) is 13.8 Å². The van der Waals surface area contributed by atoms with Gasteiger partial charge in [-0.2, -0.15) is 0 Å². The van der Waals surface area contributed by atoms with Crippen molar-refractivity contribution in [1.29, 1.82) is 0 Å². The number of rotatable bonds is 6. The van der Waals surface area contributed by atoms with Gasteiger partial charge >= 0.3 is 0 Å². The van der Waals surface area contributed by atoms with Gasteiger partial charge < -0.3 is 4.74 Å². The van der Waals surface area contributed by atoms with Crippen LogP contribution in [0.5, 0.6) is 0 Å². The summed E-state index contributed by atoms with van der Waals surface area (Å²) in [5.74, 6) is 3.23. The molecule has 3 rings (SSSR count). The van der Waals surface area contributed by atoms with Crippen molar-refractivity contribution in [3.8, 4) is 0 Å². The summed E-state index contributed by atoms with van der Waals surface area (Å²) in [4.78, 5) is 0. The molecule has 0 N–H and O–H groups in total. The Morgan fingerprint density at radius 3 is 1.89 bits per heavy atom. The lowest BCUT2D eigenvalue weighted by Crippen LogP contribution is -2.49. The van der Waals surface area contributed by atoms with Gasteiger partial charge in [-0.25, -0.2) is 8.78 Å². The molecule has 0 aromatic rings. The van der Waals surface area contributed by atoms with Gasteiger partial charge in [0, 0.05) is 6.61 Å². The third kappa shape index (κ3) is 5.06. The quantitative estimate of drug-likeness (QED) is 0.473. The number of alkyl halides is 2. The molecule has 0 heterocycles. The molecule has 0 spiro atoms. The number of ether oxygens (including phenoxy) is 1. The van der Waals surface area contributed by atoms with Crippen LogP contribution in [0.1, 0.15) is 91.4 Å². The maximum Gasteiger partial charge on any atom is 0.157 e. The van der Waals surface area contributed by atoms with Gasteiger partial charge in [0.25, 0.3) is 0 Å². The van der Waals surface area contributed by atoms with Crippen LogP contribution in [0.15, 0.2) is 0 Å². The third-order valence-corrected chi connectivity index (χ3v) is 8.28. The molecule has 3 fully saturated rings. The monoisotopic (exact) mass is 384 g/mol. The van der Waals surface area contributed by atoms with Crippen LogP contribution >= 0.6 is 0 Å². The minimum absolute atomic E-state index is 0.0991. The van der Waals surface area contributed by atoms with Crippen LogP contribution in [0, 0.1) is 35.5 Å². The van der Waals surface area contributed by atoms with E-state index in [1.165, 1.54) is 51.4 Å². The summed E-state index contributed by atoms with van der Waals surface area (Å²) in [5, 5.41) is 0. The minimum Gasteiger partial charge on any atom is -0.375 e. The number of halogens is 2. The Morgan fingerprint density at radius 2 is 1.33 bits per heavy atom. The smallest absolute Gasteiger partial charge is 0.157 e. The van der Waals surface area contributed by atoms with Crippen LogP contribution in [-0.4, -0.2) is 25.1 Å². The molecule has 0 saturated heterocycles. The molecule has 1 nitrogen and oxygen atoms in total. The van der Waals surface area contributed by atoms with Crippen molar-refractivity contribution in [3.63, 3.8) is 0 Å². The van der Waals surface area contributed by atoms with E-state index in [4.69, 9.17) is 4.74 Å². The molecule has 5 unspecified atom stereocenters. The van der Waals surface area contributed by atoms with E-state index in [1.807, 2.05) is 6.92 Å². The zero-order valence-electron chi connectivity index (χ0n) is 17.8. The third-order valence-electron chi connectivity index (χ3n) is 8.28. The summed E-state index contributed by atoms with van der Waals surface area (Å²) >= 11 is 0. The van der Waals surface area contributed by atoms with Gasteiger partial charge in [-0.1, -0.05) is 39.5 Å². The molecule has 0 aromatic carbocycles. The predicted octanol–water partition coefficient (Wildman–Crippen LogP) is 7.14. The molecular formula is C24H42F2O. The Bertz CT molecular complexity index is 426. The molecule has 3 heteroatoms. The Morgan fingerprint density at radius 1 is 0.778 bits per heavy atom. The second-order valence-electron chi connectivity index (χ2n) is 9.92. The fourth-order valence-corrected chi connectivity index (χ4v) is 6.84. The van der Waals surface area contributed by atoms with E-state index in [-0.39, 0.29) is 11.8 Å². The van der Waals surface area contributed by atoms with Crippen LogP contribution in [-0.2, 0) is 4.74 Å². The maximum absolute atomic E-state index is 15.0. The molecular weight excluding hydrogens is 342 g/mol. The first kappa shape index (κ1) is 21.5. The molecule has 0 amide bonds. The van der Waals surface area contributed by atoms with Crippen LogP contribution in [0.2, 0.25) is 0 Å². The minimum atomic E-state index is -1.43. The zero-order chi connectivity index (χ0) is 19.4. The fourth-order valence-electron chi connectivity index (χ4n) is 6.84. The molecule has 3 saturated carbocycles. The predicted molar refractivity (Wildman–Crippen MR) is 108 cm³/mol. The van der Waals surface area contributed by atoms with Gasteiger partial charge in [0.05, 0.1) is 6.10 Å². The molecule has 5 atom stereocenters. The Kier molecular flexibility index (Phi) is 8.00. The Labute approximate surface area is 166 Å². The lowest BCUT2D eigenvalue weighted by Gasteiger charge is -2.46. The summed E-state index contributed by atoms with van der Waals surface area (Å²) in [6, 6.07) is 0. The fraction of sp³-hybridized carbons (Fsp3) is 1.00. The van der Waals surface area contributed by atoms with Crippen molar-refractivity contribution >= 4 is 0 Å². The lowest BCUT2D eigenvalue weighted by molar-refractivity contribution is -0.106. The summed E-state index contributed by atoms with van der Waals surface area (Å²) < 4.78 is 35.0. The van der Waals surface area contributed by atoms with E-state index < -0.39 is 18.4 Å². The Balaban J connectivity index is 1.49. The van der Waals surface area contributed by atoms with E-state index in [0.717, 1.165) is 30.6 Å². The number of hydrogen-bond donors (Lipinski definition) is 0. The van der Waals surface area contributed by atoms with Crippen LogP contribution in [0.3, 0.4) is 0 Å². The van der Waals surface area contributed by atoms with Crippen molar-refractivity contribution in [2.75, 3.05) is 6.61 Å². The first-order valence-corrected chi connectivity index (χ1v) is 11.9. The van der Waals surface area contributed by atoms with Crippen molar-refractivity contribution in [3.05, 3.63) is 0 Å². The summed E-state index contributed by atoms with van der Waals surface area (Å²) in [6.07, 6.45) is 10.5. The van der Waals surface area contributed by atoms with Crippen LogP contribution in [0.25, 0.3) is 0 Å². The summed E-state index contributed by atoms with van der Waals surface area (Å²) in [5.41, 5.74) is 0. The van der Waals surface area contributed by atoms with Crippen molar-refractivity contribution < 1.29 is 13.5 Å². The van der Waals surface area contributed by atoms with E-state index in [1.54, 1.807) is 0 Å². The standard InChI is InChI=1S/C24H42F2O/c1-4-6-17-7-9-18(10-8-17)19-11-13-20(14-12-19)22-16(3)15-21(27-5-2)23(25)24(22)26/h16-24H,4-15H2,1-3H3. The first-order chi connectivity index (χ1) is 13.0. The molecule has 0 aromatic heterocycles. The molecule has 3 aliphatic carbocycles. The van der Waals surface area contributed by atoms with Crippen molar-refractivity contribution in [2.24, 2.45) is 35.5 Å². The SMILES string of the molecule is CCCC1CCC(C2CCC(C3C(C)CC(OCC)C(F)C3F)CC2)CC1. The average Bonchev–Trinajstić information content (AvgIpc) is 2.68. The summed E-state index contributed by atoms with van der Waals surface area (Å²) in [6.45, 7) is 6.76. The van der Waals surface area contributed by atoms with Crippen molar-refractivity contribution in [2.45, 2.75) is 110 Å². The van der Waals surface area contributed by atoms with Crippen molar-refractivity contribution in [1.82, 2.24) is 0 Å².